The topological polar surface area (TPSA) is 84.2 Å². The van der Waals surface area contributed by atoms with Gasteiger partial charge in [0.15, 0.2) is 0 Å². The lowest BCUT2D eigenvalue weighted by Gasteiger charge is -2.41. The van der Waals surface area contributed by atoms with Crippen LogP contribution in [-0.2, 0) is 4.79 Å². The first-order valence-corrected chi connectivity index (χ1v) is 8.13. The molecule has 1 saturated carbocycles. The maximum atomic E-state index is 12.6. The van der Waals surface area contributed by atoms with Gasteiger partial charge >= 0.3 is 5.97 Å². The van der Waals surface area contributed by atoms with E-state index in [0.717, 1.165) is 12.1 Å². The Balaban J connectivity index is 1.80. The van der Waals surface area contributed by atoms with Crippen LogP contribution in [0.5, 0.6) is 0 Å². The van der Waals surface area contributed by atoms with Gasteiger partial charge in [-0.15, -0.1) is 0 Å². The number of aromatic nitrogens is 2. The highest BCUT2D eigenvalue weighted by Gasteiger charge is 2.40. The van der Waals surface area contributed by atoms with Crippen LogP contribution in [0, 0.1) is 6.92 Å². The molecule has 1 amide bonds. The van der Waals surface area contributed by atoms with Crippen molar-refractivity contribution in [2.75, 3.05) is 0 Å². The van der Waals surface area contributed by atoms with E-state index in [1.807, 2.05) is 12.1 Å². The molecule has 126 valence electrons. The zero-order valence-corrected chi connectivity index (χ0v) is 14.0. The number of carboxylic acids is 1. The summed E-state index contributed by atoms with van der Waals surface area (Å²) in [4.78, 5) is 23.6. The smallest absolute Gasteiger partial charge is 0.305 e. The normalized spacial score (nSPS) is 15.6. The molecule has 1 aliphatic rings. The first-order chi connectivity index (χ1) is 11.4. The summed E-state index contributed by atoms with van der Waals surface area (Å²) in [6, 6.07) is 7.14. The Morgan fingerprint density at radius 2 is 2.00 bits per heavy atom. The maximum absolute atomic E-state index is 12.6. The number of carbonyl (C=O) groups is 2. The van der Waals surface area contributed by atoms with Gasteiger partial charge in [-0.25, -0.2) is 4.68 Å². The largest absolute Gasteiger partial charge is 0.481 e. The molecular weight excluding hydrogens is 330 g/mol. The minimum absolute atomic E-state index is 0.0525. The molecule has 0 atom stereocenters. The van der Waals surface area contributed by atoms with Gasteiger partial charge in [-0.1, -0.05) is 11.6 Å². The van der Waals surface area contributed by atoms with Crippen molar-refractivity contribution in [1.82, 2.24) is 15.1 Å². The van der Waals surface area contributed by atoms with E-state index >= 15 is 0 Å². The molecule has 24 heavy (non-hydrogen) atoms. The lowest BCUT2D eigenvalue weighted by molar-refractivity contribution is -0.139. The standard InChI is InChI=1S/C17H18ClN3O3/c1-11-14(10-21(20-11)13-5-3-12(18)4-6-13)16(24)19-17(7-2-8-17)9-15(22)23/h3-6,10H,2,7-9H2,1H3,(H,19,24)(H,22,23). The molecule has 1 heterocycles. The van der Waals surface area contributed by atoms with E-state index in [9.17, 15) is 9.59 Å². The van der Waals surface area contributed by atoms with Gasteiger partial charge in [0.25, 0.3) is 5.91 Å². The van der Waals surface area contributed by atoms with Crippen LogP contribution in [0.3, 0.4) is 0 Å². The first kappa shape index (κ1) is 16.5. The number of carboxylic acid groups (broad SMARTS) is 1. The minimum atomic E-state index is -0.899. The number of nitrogens with one attached hydrogen (secondary N) is 1. The molecule has 0 aliphatic heterocycles. The van der Waals surface area contributed by atoms with Crippen LogP contribution >= 0.6 is 11.6 Å². The number of nitrogens with zero attached hydrogens (tertiary/aromatic N) is 2. The second-order valence-electron chi connectivity index (χ2n) is 6.21. The van der Waals surface area contributed by atoms with Gasteiger partial charge in [0.1, 0.15) is 0 Å². The van der Waals surface area contributed by atoms with E-state index in [1.54, 1.807) is 29.9 Å². The number of rotatable bonds is 5. The van der Waals surface area contributed by atoms with Crippen molar-refractivity contribution in [3.05, 3.63) is 46.7 Å². The molecule has 0 spiro atoms. The number of halogens is 1. The van der Waals surface area contributed by atoms with Gasteiger partial charge in [0, 0.05) is 11.2 Å². The fraction of sp³-hybridized carbons (Fsp3) is 0.353. The highest BCUT2D eigenvalue weighted by molar-refractivity contribution is 6.30. The summed E-state index contributed by atoms with van der Waals surface area (Å²) >= 11 is 5.88. The molecule has 1 fully saturated rings. The Morgan fingerprint density at radius 3 is 2.54 bits per heavy atom. The third kappa shape index (κ3) is 3.28. The lowest BCUT2D eigenvalue weighted by atomic mass is 9.74. The molecule has 2 N–H and O–H groups in total. The molecule has 6 nitrogen and oxygen atoms in total. The van der Waals surface area contributed by atoms with Crippen molar-refractivity contribution < 1.29 is 14.7 Å². The van der Waals surface area contributed by atoms with Crippen LogP contribution in [0.25, 0.3) is 5.69 Å². The molecule has 0 saturated heterocycles. The summed E-state index contributed by atoms with van der Waals surface area (Å²) in [7, 11) is 0. The van der Waals surface area contributed by atoms with Gasteiger partial charge in [-0.3, -0.25) is 9.59 Å². The number of hydrogen-bond acceptors (Lipinski definition) is 3. The summed E-state index contributed by atoms with van der Waals surface area (Å²) in [5.74, 6) is -1.18. The van der Waals surface area contributed by atoms with E-state index in [-0.39, 0.29) is 12.3 Å². The third-order valence-electron chi connectivity index (χ3n) is 4.41. The first-order valence-electron chi connectivity index (χ1n) is 7.75. The fourth-order valence-corrected chi connectivity index (χ4v) is 3.08. The van der Waals surface area contributed by atoms with E-state index in [4.69, 9.17) is 16.7 Å². The zero-order chi connectivity index (χ0) is 17.3. The van der Waals surface area contributed by atoms with E-state index in [1.165, 1.54) is 0 Å². The molecule has 1 aromatic heterocycles. The Labute approximate surface area is 144 Å². The average Bonchev–Trinajstić information content (AvgIpc) is 2.87. The quantitative estimate of drug-likeness (QED) is 0.870. The van der Waals surface area contributed by atoms with Crippen molar-refractivity contribution in [2.24, 2.45) is 0 Å². The summed E-state index contributed by atoms with van der Waals surface area (Å²) < 4.78 is 1.62. The molecule has 7 heteroatoms. The predicted molar refractivity (Wildman–Crippen MR) is 89.6 cm³/mol. The van der Waals surface area contributed by atoms with Crippen molar-refractivity contribution in [1.29, 1.82) is 0 Å². The summed E-state index contributed by atoms with van der Waals surface area (Å²) in [5.41, 5.74) is 1.21. The molecule has 2 aromatic rings. The molecule has 3 rings (SSSR count). The lowest BCUT2D eigenvalue weighted by Crippen LogP contribution is -2.54. The monoisotopic (exact) mass is 347 g/mol. The SMILES string of the molecule is Cc1nn(-c2ccc(Cl)cc2)cc1C(=O)NC1(CC(=O)O)CCC1. The van der Waals surface area contributed by atoms with Gasteiger partial charge < -0.3 is 10.4 Å². The number of amides is 1. The molecule has 0 radical (unpaired) electrons. The van der Waals surface area contributed by atoms with Crippen LogP contribution in [-0.4, -0.2) is 32.3 Å². The van der Waals surface area contributed by atoms with Crippen molar-refractivity contribution in [3.8, 4) is 5.69 Å². The van der Waals surface area contributed by atoms with Gasteiger partial charge in [-0.05, 0) is 50.5 Å². The van der Waals surface area contributed by atoms with Gasteiger partial charge in [-0.2, -0.15) is 5.10 Å². The van der Waals surface area contributed by atoms with Crippen LogP contribution < -0.4 is 5.32 Å². The van der Waals surface area contributed by atoms with Crippen LogP contribution in [0.1, 0.15) is 41.7 Å². The molecular formula is C17H18ClN3O3. The Bertz CT molecular complexity index is 779. The zero-order valence-electron chi connectivity index (χ0n) is 13.3. The molecule has 0 unspecified atom stereocenters. The average molecular weight is 348 g/mol. The Kier molecular flexibility index (Phi) is 4.32. The van der Waals surface area contributed by atoms with Crippen LogP contribution in [0.2, 0.25) is 5.02 Å². The molecule has 0 bridgehead atoms. The second kappa shape index (κ2) is 6.28. The summed E-state index contributed by atoms with van der Waals surface area (Å²) in [6.45, 7) is 1.76. The van der Waals surface area contributed by atoms with Crippen molar-refractivity contribution >= 4 is 23.5 Å². The summed E-state index contributed by atoms with van der Waals surface area (Å²) in [6.07, 6.45) is 3.91. The Morgan fingerprint density at radius 1 is 1.33 bits per heavy atom. The fourth-order valence-electron chi connectivity index (χ4n) is 2.96. The number of benzene rings is 1. The predicted octanol–water partition coefficient (Wildman–Crippen LogP) is 2.96. The number of aryl methyl sites for hydroxylation is 1. The van der Waals surface area contributed by atoms with E-state index in [2.05, 4.69) is 10.4 Å². The van der Waals surface area contributed by atoms with Crippen molar-refractivity contribution in [3.63, 3.8) is 0 Å². The second-order valence-corrected chi connectivity index (χ2v) is 6.64. The molecule has 1 aliphatic carbocycles. The third-order valence-corrected chi connectivity index (χ3v) is 4.67. The van der Waals surface area contributed by atoms with Crippen LogP contribution in [0.4, 0.5) is 0 Å². The highest BCUT2D eigenvalue weighted by atomic mass is 35.5. The maximum Gasteiger partial charge on any atom is 0.305 e. The number of aliphatic carboxylic acids is 1. The molecule has 1 aromatic carbocycles. The summed E-state index contributed by atoms with van der Waals surface area (Å²) in [5, 5.41) is 16.9. The number of carbonyl (C=O) groups excluding carboxylic acids is 1. The highest BCUT2D eigenvalue weighted by Crippen LogP contribution is 2.35. The van der Waals surface area contributed by atoms with E-state index in [0.29, 0.717) is 29.1 Å². The van der Waals surface area contributed by atoms with Crippen molar-refractivity contribution in [2.45, 2.75) is 38.1 Å². The van der Waals surface area contributed by atoms with Gasteiger partial charge in [0.2, 0.25) is 0 Å². The van der Waals surface area contributed by atoms with Gasteiger partial charge in [0.05, 0.1) is 28.9 Å². The minimum Gasteiger partial charge on any atom is -0.481 e. The van der Waals surface area contributed by atoms with Crippen LogP contribution in [0.15, 0.2) is 30.5 Å². The van der Waals surface area contributed by atoms with E-state index < -0.39 is 11.5 Å². The Hall–Kier alpha value is -2.34. The number of hydrogen-bond donors (Lipinski definition) is 2.